The van der Waals surface area contributed by atoms with Gasteiger partial charge >= 0.3 is 0 Å². The molecular formula is C26H28F3N. The van der Waals surface area contributed by atoms with E-state index in [2.05, 4.69) is 19.1 Å². The molecule has 2 aromatic rings. The summed E-state index contributed by atoms with van der Waals surface area (Å²) in [5.41, 5.74) is 1.44. The number of hydrogen-bond donors (Lipinski definition) is 0. The topological polar surface area (TPSA) is 23.8 Å². The fraction of sp³-hybridized carbons (Fsp3) is 0.423. The number of benzene rings is 2. The zero-order valence-corrected chi connectivity index (χ0v) is 17.4. The molecule has 158 valence electrons. The molecule has 0 atom stereocenters. The third-order valence-corrected chi connectivity index (χ3v) is 6.27. The first-order valence-electron chi connectivity index (χ1n) is 10.8. The SMILES string of the molecule is C/C=C/CCC1CCC(c2ccc(CCc3cc(F)c(C#N)c(F)c3)c(F)c2)CC1. The van der Waals surface area contributed by atoms with Crippen LogP contribution in [0.4, 0.5) is 13.2 Å². The maximum absolute atomic E-state index is 14.7. The molecule has 0 unspecified atom stereocenters. The highest BCUT2D eigenvalue weighted by molar-refractivity contribution is 5.36. The van der Waals surface area contributed by atoms with Gasteiger partial charge in [-0.05, 0) is 105 Å². The molecule has 1 nitrogen and oxygen atoms in total. The fourth-order valence-electron chi connectivity index (χ4n) is 4.46. The fourth-order valence-corrected chi connectivity index (χ4v) is 4.46. The van der Waals surface area contributed by atoms with Crippen LogP contribution in [0.3, 0.4) is 0 Å². The number of rotatable bonds is 7. The smallest absolute Gasteiger partial charge is 0.144 e. The maximum Gasteiger partial charge on any atom is 0.144 e. The first-order valence-corrected chi connectivity index (χ1v) is 10.8. The minimum Gasteiger partial charge on any atom is -0.207 e. The lowest BCUT2D eigenvalue weighted by Gasteiger charge is -2.28. The molecule has 4 heteroatoms. The predicted molar refractivity (Wildman–Crippen MR) is 114 cm³/mol. The lowest BCUT2D eigenvalue weighted by molar-refractivity contribution is 0.311. The first kappa shape index (κ1) is 22.2. The summed E-state index contributed by atoms with van der Waals surface area (Å²) < 4.78 is 42.2. The summed E-state index contributed by atoms with van der Waals surface area (Å²) in [4.78, 5) is 0. The van der Waals surface area contributed by atoms with Crippen LogP contribution in [0, 0.1) is 34.7 Å². The van der Waals surface area contributed by atoms with Crippen molar-refractivity contribution in [2.24, 2.45) is 5.92 Å². The quantitative estimate of drug-likeness (QED) is 0.436. The molecule has 1 aliphatic rings. The van der Waals surface area contributed by atoms with E-state index in [1.54, 1.807) is 12.1 Å². The average molecular weight is 412 g/mol. The zero-order valence-electron chi connectivity index (χ0n) is 17.4. The van der Waals surface area contributed by atoms with Crippen molar-refractivity contribution in [2.45, 2.75) is 64.2 Å². The lowest BCUT2D eigenvalue weighted by Crippen LogP contribution is -2.13. The van der Waals surface area contributed by atoms with Crippen molar-refractivity contribution >= 4 is 0 Å². The van der Waals surface area contributed by atoms with Gasteiger partial charge in [0.2, 0.25) is 0 Å². The molecule has 1 fully saturated rings. The Labute approximate surface area is 177 Å². The molecule has 0 bridgehead atoms. The van der Waals surface area contributed by atoms with E-state index in [0.29, 0.717) is 29.9 Å². The van der Waals surface area contributed by atoms with Gasteiger partial charge in [0.25, 0.3) is 0 Å². The third-order valence-electron chi connectivity index (χ3n) is 6.27. The molecule has 30 heavy (non-hydrogen) atoms. The highest BCUT2D eigenvalue weighted by atomic mass is 19.1. The number of nitrogens with zero attached hydrogens (tertiary/aromatic N) is 1. The molecule has 0 radical (unpaired) electrons. The van der Waals surface area contributed by atoms with E-state index in [1.807, 2.05) is 6.07 Å². The highest BCUT2D eigenvalue weighted by Gasteiger charge is 2.22. The van der Waals surface area contributed by atoms with Crippen LogP contribution in [0.2, 0.25) is 0 Å². The van der Waals surface area contributed by atoms with Crippen LogP contribution < -0.4 is 0 Å². The summed E-state index contributed by atoms with van der Waals surface area (Å²) in [6.45, 7) is 2.05. The van der Waals surface area contributed by atoms with Crippen molar-refractivity contribution in [3.63, 3.8) is 0 Å². The lowest BCUT2D eigenvalue weighted by atomic mass is 9.77. The summed E-state index contributed by atoms with van der Waals surface area (Å²) in [7, 11) is 0. The van der Waals surface area contributed by atoms with Crippen LogP contribution in [0.25, 0.3) is 0 Å². The largest absolute Gasteiger partial charge is 0.207 e. The zero-order chi connectivity index (χ0) is 21.5. The van der Waals surface area contributed by atoms with E-state index < -0.39 is 17.2 Å². The summed E-state index contributed by atoms with van der Waals surface area (Å²) in [6, 6.07) is 9.27. The van der Waals surface area contributed by atoms with Gasteiger partial charge < -0.3 is 0 Å². The van der Waals surface area contributed by atoms with Crippen molar-refractivity contribution in [1.29, 1.82) is 5.26 Å². The molecule has 0 saturated heterocycles. The van der Waals surface area contributed by atoms with Crippen LogP contribution in [0.5, 0.6) is 0 Å². The van der Waals surface area contributed by atoms with Crippen LogP contribution in [0.1, 0.15) is 73.6 Å². The molecule has 3 rings (SSSR count). The Balaban J connectivity index is 1.58. The van der Waals surface area contributed by atoms with Gasteiger partial charge in [-0.3, -0.25) is 0 Å². The van der Waals surface area contributed by atoms with E-state index in [1.165, 1.54) is 25.3 Å². The van der Waals surface area contributed by atoms with Gasteiger partial charge in [0, 0.05) is 0 Å². The third kappa shape index (κ3) is 5.53. The first-order chi connectivity index (χ1) is 14.5. The van der Waals surface area contributed by atoms with Gasteiger partial charge in [-0.1, -0.05) is 24.3 Å². The standard InChI is InChI=1S/C26H28F3N/c1-2-3-4-5-18-6-9-20(10-7-18)22-13-12-21(24(27)16-22)11-8-19-14-25(28)23(17-30)26(29)15-19/h2-3,12-16,18,20H,4-11H2,1H3/b3-2+. The Kier molecular flexibility index (Phi) is 7.74. The summed E-state index contributed by atoms with van der Waals surface area (Å²) in [5, 5.41) is 8.75. The molecule has 0 N–H and O–H groups in total. The number of nitriles is 1. The summed E-state index contributed by atoms with van der Waals surface area (Å²) in [6.07, 6.45) is 12.0. The molecule has 2 aromatic carbocycles. The molecule has 0 aromatic heterocycles. The van der Waals surface area contributed by atoms with E-state index >= 15 is 0 Å². The van der Waals surface area contributed by atoms with Crippen LogP contribution in [-0.2, 0) is 12.8 Å². The number of aryl methyl sites for hydroxylation is 2. The Morgan fingerprint density at radius 3 is 2.27 bits per heavy atom. The maximum atomic E-state index is 14.7. The van der Waals surface area contributed by atoms with Gasteiger partial charge in [0.05, 0.1) is 0 Å². The second kappa shape index (κ2) is 10.5. The summed E-state index contributed by atoms with van der Waals surface area (Å²) in [5.74, 6) is -0.811. The number of halogens is 3. The van der Waals surface area contributed by atoms with E-state index in [-0.39, 0.29) is 5.82 Å². The molecular weight excluding hydrogens is 383 g/mol. The normalized spacial score (nSPS) is 19.2. The highest BCUT2D eigenvalue weighted by Crippen LogP contribution is 2.38. The van der Waals surface area contributed by atoms with Gasteiger partial charge in [-0.25, -0.2) is 13.2 Å². The van der Waals surface area contributed by atoms with Crippen molar-refractivity contribution < 1.29 is 13.2 Å². The van der Waals surface area contributed by atoms with Gasteiger partial charge in [0.1, 0.15) is 29.1 Å². The summed E-state index contributed by atoms with van der Waals surface area (Å²) >= 11 is 0. The molecule has 1 aliphatic carbocycles. The van der Waals surface area contributed by atoms with E-state index in [4.69, 9.17) is 5.26 Å². The van der Waals surface area contributed by atoms with Crippen LogP contribution in [-0.4, -0.2) is 0 Å². The average Bonchev–Trinajstić information content (AvgIpc) is 2.73. The van der Waals surface area contributed by atoms with Crippen LogP contribution >= 0.6 is 0 Å². The Hall–Kier alpha value is -2.54. The Morgan fingerprint density at radius 2 is 1.67 bits per heavy atom. The molecule has 1 saturated carbocycles. The van der Waals surface area contributed by atoms with Gasteiger partial charge in [-0.2, -0.15) is 5.26 Å². The number of hydrogen-bond acceptors (Lipinski definition) is 1. The van der Waals surface area contributed by atoms with Crippen molar-refractivity contribution in [3.05, 3.63) is 82.2 Å². The monoisotopic (exact) mass is 411 g/mol. The molecule has 0 aliphatic heterocycles. The number of allylic oxidation sites excluding steroid dienone is 2. The minimum atomic E-state index is -0.871. The molecule has 0 amide bonds. The second-order valence-electron chi connectivity index (χ2n) is 8.26. The Bertz CT molecular complexity index is 911. The van der Waals surface area contributed by atoms with Crippen molar-refractivity contribution in [1.82, 2.24) is 0 Å². The van der Waals surface area contributed by atoms with Gasteiger partial charge in [0.15, 0.2) is 0 Å². The minimum absolute atomic E-state index is 0.253. The van der Waals surface area contributed by atoms with E-state index in [9.17, 15) is 13.2 Å². The van der Waals surface area contributed by atoms with Crippen molar-refractivity contribution in [3.8, 4) is 6.07 Å². The van der Waals surface area contributed by atoms with Crippen LogP contribution in [0.15, 0.2) is 42.5 Å². The molecule has 0 heterocycles. The second-order valence-corrected chi connectivity index (χ2v) is 8.26. The predicted octanol–water partition coefficient (Wildman–Crippen LogP) is 7.39. The van der Waals surface area contributed by atoms with Crippen molar-refractivity contribution in [2.75, 3.05) is 0 Å². The Morgan fingerprint density at radius 1 is 0.967 bits per heavy atom. The van der Waals surface area contributed by atoms with Gasteiger partial charge in [-0.15, -0.1) is 0 Å². The molecule has 0 spiro atoms. The van der Waals surface area contributed by atoms with E-state index in [0.717, 1.165) is 42.9 Å².